The van der Waals surface area contributed by atoms with Crippen molar-refractivity contribution in [1.29, 1.82) is 0 Å². The Bertz CT molecular complexity index is 1260. The van der Waals surface area contributed by atoms with Crippen LogP contribution in [0.1, 0.15) is 37.0 Å². The normalized spacial score (nSPS) is 14.0. The second kappa shape index (κ2) is 7.76. The van der Waals surface area contributed by atoms with Crippen LogP contribution in [0.2, 0.25) is 0 Å². The van der Waals surface area contributed by atoms with Crippen LogP contribution in [-0.4, -0.2) is 47.0 Å². The minimum absolute atomic E-state index is 0.0420. The molecule has 164 valence electrons. The molecule has 1 aliphatic rings. The number of hydrogen-bond donors (Lipinski definition) is 3. The Morgan fingerprint density at radius 3 is 2.72 bits per heavy atom. The molecule has 1 aliphatic carbocycles. The van der Waals surface area contributed by atoms with E-state index in [9.17, 15) is 9.90 Å². The van der Waals surface area contributed by atoms with Gasteiger partial charge in [-0.25, -0.2) is 4.52 Å². The molecule has 5 rings (SSSR count). The van der Waals surface area contributed by atoms with E-state index in [1.54, 1.807) is 41.4 Å². The smallest absolute Gasteiger partial charge is 0.251 e. The molecular formula is C23H25N7O2. The highest BCUT2D eigenvalue weighted by atomic mass is 16.3. The van der Waals surface area contributed by atoms with E-state index in [1.807, 2.05) is 36.7 Å². The molecular weight excluding hydrogens is 406 g/mol. The van der Waals surface area contributed by atoms with Crippen LogP contribution >= 0.6 is 0 Å². The van der Waals surface area contributed by atoms with Crippen molar-refractivity contribution >= 4 is 23.2 Å². The summed E-state index contributed by atoms with van der Waals surface area (Å²) < 4.78 is 3.43. The molecule has 0 radical (unpaired) electrons. The fourth-order valence-corrected chi connectivity index (χ4v) is 3.50. The number of nitrogens with one attached hydrogen (secondary N) is 2. The zero-order valence-corrected chi connectivity index (χ0v) is 18.0. The van der Waals surface area contributed by atoms with Crippen LogP contribution in [-0.2, 0) is 6.54 Å². The lowest BCUT2D eigenvalue weighted by molar-refractivity contribution is 0.0577. The van der Waals surface area contributed by atoms with Gasteiger partial charge in [-0.15, -0.1) is 5.10 Å². The Morgan fingerprint density at radius 2 is 2.00 bits per heavy atom. The second-order valence-corrected chi connectivity index (χ2v) is 8.81. The van der Waals surface area contributed by atoms with Gasteiger partial charge in [-0.3, -0.25) is 9.48 Å². The van der Waals surface area contributed by atoms with E-state index in [0.717, 1.165) is 29.7 Å². The predicted molar refractivity (Wildman–Crippen MR) is 121 cm³/mol. The quantitative estimate of drug-likeness (QED) is 0.415. The van der Waals surface area contributed by atoms with Gasteiger partial charge in [0.25, 0.3) is 5.91 Å². The first-order valence-corrected chi connectivity index (χ1v) is 10.6. The van der Waals surface area contributed by atoms with Gasteiger partial charge in [0.05, 0.1) is 18.3 Å². The van der Waals surface area contributed by atoms with Gasteiger partial charge in [-0.2, -0.15) is 10.1 Å². The van der Waals surface area contributed by atoms with Gasteiger partial charge in [0.2, 0.25) is 5.95 Å². The number of carbonyl (C=O) groups excluding carboxylic acids is 1. The highest BCUT2D eigenvalue weighted by Crippen LogP contribution is 2.25. The van der Waals surface area contributed by atoms with Crippen molar-refractivity contribution in [2.45, 2.75) is 44.9 Å². The number of aliphatic hydroxyl groups is 1. The molecule has 9 heteroatoms. The van der Waals surface area contributed by atoms with E-state index in [1.165, 1.54) is 0 Å². The first-order chi connectivity index (χ1) is 15.3. The van der Waals surface area contributed by atoms with Crippen molar-refractivity contribution in [2.75, 3.05) is 5.32 Å². The molecule has 1 aromatic carbocycles. The third-order valence-corrected chi connectivity index (χ3v) is 5.17. The number of fused-ring (bicyclic) bond motifs is 1. The SMILES string of the molecule is CC(C)(O)Cn1cc(-c2cccn3nc(Nc4ccc(C(=O)NC5CC5)cc4)nc23)cn1. The highest BCUT2D eigenvalue weighted by Gasteiger charge is 2.23. The van der Waals surface area contributed by atoms with E-state index in [2.05, 4.69) is 25.8 Å². The first-order valence-electron chi connectivity index (χ1n) is 10.6. The fourth-order valence-electron chi connectivity index (χ4n) is 3.50. The minimum atomic E-state index is -0.852. The van der Waals surface area contributed by atoms with Crippen LogP contribution in [0.5, 0.6) is 0 Å². The number of anilines is 2. The summed E-state index contributed by atoms with van der Waals surface area (Å²) in [4.78, 5) is 16.8. The Hall–Kier alpha value is -3.72. The molecule has 0 bridgehead atoms. The summed E-state index contributed by atoms with van der Waals surface area (Å²) in [5.41, 5.74) is 3.06. The monoisotopic (exact) mass is 431 g/mol. The van der Waals surface area contributed by atoms with Crippen LogP contribution in [0.15, 0.2) is 55.0 Å². The molecule has 4 aromatic rings. The number of rotatable bonds is 7. The van der Waals surface area contributed by atoms with Crippen molar-refractivity contribution < 1.29 is 9.90 Å². The number of pyridine rings is 1. The minimum Gasteiger partial charge on any atom is -0.389 e. The molecule has 3 heterocycles. The maximum absolute atomic E-state index is 12.2. The summed E-state index contributed by atoms with van der Waals surface area (Å²) in [5, 5.41) is 25.1. The number of carbonyl (C=O) groups is 1. The maximum atomic E-state index is 12.2. The molecule has 3 aromatic heterocycles. The van der Waals surface area contributed by atoms with Gasteiger partial charge >= 0.3 is 0 Å². The molecule has 0 aliphatic heterocycles. The molecule has 1 saturated carbocycles. The number of benzene rings is 1. The highest BCUT2D eigenvalue weighted by molar-refractivity contribution is 5.95. The van der Waals surface area contributed by atoms with Gasteiger partial charge in [-0.1, -0.05) is 0 Å². The predicted octanol–water partition coefficient (Wildman–Crippen LogP) is 3.00. The van der Waals surface area contributed by atoms with Crippen molar-refractivity contribution in [3.63, 3.8) is 0 Å². The van der Waals surface area contributed by atoms with Crippen molar-refractivity contribution in [3.05, 3.63) is 60.6 Å². The fraction of sp³-hybridized carbons (Fsp3) is 0.304. The molecule has 0 saturated heterocycles. The molecule has 0 spiro atoms. The van der Waals surface area contributed by atoms with E-state index in [0.29, 0.717) is 29.7 Å². The Labute approximate surface area is 185 Å². The number of aromatic nitrogens is 5. The molecule has 0 unspecified atom stereocenters. The van der Waals surface area contributed by atoms with Crippen molar-refractivity contribution in [3.8, 4) is 11.1 Å². The molecule has 0 atom stereocenters. The van der Waals surface area contributed by atoms with Gasteiger partial charge < -0.3 is 15.7 Å². The Balaban J connectivity index is 1.35. The largest absolute Gasteiger partial charge is 0.389 e. The van der Waals surface area contributed by atoms with Gasteiger partial charge in [0.15, 0.2) is 5.65 Å². The van der Waals surface area contributed by atoms with Crippen LogP contribution in [0.25, 0.3) is 16.8 Å². The number of nitrogens with zero attached hydrogens (tertiary/aromatic N) is 5. The summed E-state index contributed by atoms with van der Waals surface area (Å²) in [6, 6.07) is 11.5. The molecule has 3 N–H and O–H groups in total. The lowest BCUT2D eigenvalue weighted by Crippen LogP contribution is -2.26. The third-order valence-electron chi connectivity index (χ3n) is 5.17. The third kappa shape index (κ3) is 4.47. The summed E-state index contributed by atoms with van der Waals surface area (Å²) in [6.07, 6.45) is 7.61. The lowest BCUT2D eigenvalue weighted by atomic mass is 10.1. The lowest BCUT2D eigenvalue weighted by Gasteiger charge is -2.16. The summed E-state index contributed by atoms with van der Waals surface area (Å²) >= 11 is 0. The van der Waals surface area contributed by atoms with Crippen LogP contribution in [0.3, 0.4) is 0 Å². The number of amides is 1. The first kappa shape index (κ1) is 20.2. The van der Waals surface area contributed by atoms with Crippen LogP contribution in [0.4, 0.5) is 11.6 Å². The van der Waals surface area contributed by atoms with Crippen LogP contribution < -0.4 is 10.6 Å². The van der Waals surface area contributed by atoms with E-state index >= 15 is 0 Å². The zero-order chi connectivity index (χ0) is 22.3. The summed E-state index contributed by atoms with van der Waals surface area (Å²) in [5.74, 6) is 0.413. The zero-order valence-electron chi connectivity index (χ0n) is 18.0. The average Bonchev–Trinajstić information content (AvgIpc) is 3.27. The Morgan fingerprint density at radius 1 is 1.22 bits per heavy atom. The van der Waals surface area contributed by atoms with E-state index < -0.39 is 5.60 Å². The molecule has 1 fully saturated rings. The van der Waals surface area contributed by atoms with Crippen molar-refractivity contribution in [1.82, 2.24) is 29.7 Å². The molecule has 1 amide bonds. The van der Waals surface area contributed by atoms with Crippen LogP contribution in [0, 0.1) is 0 Å². The van der Waals surface area contributed by atoms with Gasteiger partial charge in [0, 0.05) is 40.8 Å². The van der Waals surface area contributed by atoms with Gasteiger partial charge in [-0.05, 0) is 63.1 Å². The molecule has 9 nitrogen and oxygen atoms in total. The van der Waals surface area contributed by atoms with Gasteiger partial charge in [0.1, 0.15) is 0 Å². The topological polar surface area (TPSA) is 109 Å². The average molecular weight is 432 g/mol. The van der Waals surface area contributed by atoms with Crippen molar-refractivity contribution in [2.24, 2.45) is 0 Å². The van der Waals surface area contributed by atoms with E-state index in [-0.39, 0.29) is 5.91 Å². The standard InChI is InChI=1S/C23H25N7O2/c1-23(2,32)14-29-13-16(12-24-29)19-4-3-11-30-20(19)27-22(28-30)26-18-7-5-15(6-8-18)21(31)25-17-9-10-17/h3-8,11-13,17,32H,9-10,14H2,1-2H3,(H,25,31)(H,26,28). The summed E-state index contributed by atoms with van der Waals surface area (Å²) in [7, 11) is 0. The maximum Gasteiger partial charge on any atom is 0.251 e. The Kier molecular flexibility index (Phi) is 4.90. The van der Waals surface area contributed by atoms with E-state index in [4.69, 9.17) is 0 Å². The summed E-state index contributed by atoms with van der Waals surface area (Å²) in [6.45, 7) is 3.89. The number of hydrogen-bond acceptors (Lipinski definition) is 6. The molecule has 32 heavy (non-hydrogen) atoms. The second-order valence-electron chi connectivity index (χ2n) is 8.81.